The number of hydrogen-bond acceptors (Lipinski definition) is 17. The number of hydroxylamine groups is 3. The van der Waals surface area contributed by atoms with Crippen molar-refractivity contribution >= 4 is 68.3 Å². The molecule has 8 N–H and O–H groups in total. The number of carbonyl (C=O) groups excluding carboxylic acids is 6. The minimum atomic E-state index is -0.942. The summed E-state index contributed by atoms with van der Waals surface area (Å²) in [6.45, 7) is 7.12. The Morgan fingerprint density at radius 1 is 0.435 bits per heavy atom. The van der Waals surface area contributed by atoms with Gasteiger partial charge in [-0.05, 0) is 149 Å². The van der Waals surface area contributed by atoms with Crippen LogP contribution in [0.3, 0.4) is 0 Å². The quantitative estimate of drug-likeness (QED) is 0.0200. The number of esters is 2. The van der Waals surface area contributed by atoms with Crippen LogP contribution in [0, 0.1) is 54.8 Å². The molecule has 0 unspecified atom stereocenters. The van der Waals surface area contributed by atoms with E-state index in [1.165, 1.54) is 14.2 Å². The number of aryl methyl sites for hydroxylation is 3. The Balaban J connectivity index is 0.000000151. The minimum Gasteiger partial charge on any atom is -0.489 e. The van der Waals surface area contributed by atoms with Gasteiger partial charge in [0.05, 0.1) is 64.8 Å². The zero-order valence-corrected chi connectivity index (χ0v) is 51.4. The van der Waals surface area contributed by atoms with Crippen LogP contribution in [-0.4, -0.2) is 80.4 Å². The number of pyridine rings is 3. The molecule has 0 aliphatic heterocycles. The number of nitrogens with one attached hydrogen (secondary N) is 3. The lowest BCUT2D eigenvalue weighted by Gasteiger charge is -2.15. The predicted octanol–water partition coefficient (Wildman–Crippen LogP) is 9.36. The van der Waals surface area contributed by atoms with Gasteiger partial charge in [0, 0.05) is 49.9 Å². The van der Waals surface area contributed by atoms with Crippen LogP contribution in [0.25, 0.3) is 32.7 Å². The fourth-order valence-corrected chi connectivity index (χ4v) is 12.4. The van der Waals surface area contributed by atoms with Crippen LogP contribution >= 0.6 is 0 Å². The van der Waals surface area contributed by atoms with Crippen LogP contribution in [0.15, 0.2) is 164 Å². The van der Waals surface area contributed by atoms with Gasteiger partial charge in [-0.15, -0.1) is 0 Å². The van der Waals surface area contributed by atoms with E-state index in [1.54, 1.807) is 16.4 Å². The number of rotatable bonds is 21. The number of aromatic nitrogens is 3. The van der Waals surface area contributed by atoms with Gasteiger partial charge in [-0.2, -0.15) is 0 Å². The van der Waals surface area contributed by atoms with E-state index in [9.17, 15) is 28.8 Å². The Kier molecular flexibility index (Phi) is 19.5. The van der Waals surface area contributed by atoms with E-state index in [2.05, 4.69) is 15.0 Å². The number of amides is 4. The third-order valence-electron chi connectivity index (χ3n) is 17.5. The van der Waals surface area contributed by atoms with Gasteiger partial charge in [-0.1, -0.05) is 91.0 Å². The maximum atomic E-state index is 12.3. The first-order valence-corrected chi connectivity index (χ1v) is 29.9. The zero-order valence-electron chi connectivity index (χ0n) is 51.4. The second kappa shape index (κ2) is 27.8. The molecule has 21 nitrogen and oxygen atoms in total. The zero-order chi connectivity index (χ0) is 65.3. The molecule has 0 radical (unpaired) electrons. The Morgan fingerprint density at radius 2 is 0.707 bits per heavy atom. The average molecular weight is 1250 g/mol. The molecule has 4 amide bonds. The van der Waals surface area contributed by atoms with E-state index in [0.717, 1.165) is 83.2 Å². The van der Waals surface area contributed by atoms with Crippen LogP contribution < -0.4 is 36.4 Å². The number of fused-ring (bicyclic) bond motifs is 3. The van der Waals surface area contributed by atoms with Crippen LogP contribution in [0.1, 0.15) is 69.7 Å². The van der Waals surface area contributed by atoms with E-state index < -0.39 is 69.6 Å². The summed E-state index contributed by atoms with van der Waals surface area (Å²) < 4.78 is 27.7. The van der Waals surface area contributed by atoms with Gasteiger partial charge < -0.3 is 29.4 Å². The summed E-state index contributed by atoms with van der Waals surface area (Å²) in [5, 5.41) is 29.8. The molecule has 0 spiro atoms. The fourth-order valence-electron chi connectivity index (χ4n) is 12.4. The van der Waals surface area contributed by atoms with Gasteiger partial charge >= 0.3 is 11.9 Å². The number of ether oxygens (including phenoxy) is 5. The van der Waals surface area contributed by atoms with Crippen LogP contribution in [0.2, 0.25) is 0 Å². The summed E-state index contributed by atoms with van der Waals surface area (Å²) in [6.07, 6.45) is 2.08. The van der Waals surface area contributed by atoms with Crippen molar-refractivity contribution in [3.8, 4) is 17.2 Å². The maximum Gasteiger partial charge on any atom is 0.312 e. The summed E-state index contributed by atoms with van der Waals surface area (Å²) in [6, 6.07) is 52.3. The number of nitrogens with two attached hydrogens (primary N) is 1. The molecule has 9 aromatic rings. The average Bonchev–Trinajstić information content (AvgIpc) is 1.79. The lowest BCUT2D eigenvalue weighted by molar-refractivity contribution is -0.150. The van der Waals surface area contributed by atoms with Crippen molar-refractivity contribution in [1.82, 2.24) is 31.4 Å². The first-order valence-electron chi connectivity index (χ1n) is 29.9. The highest BCUT2D eigenvalue weighted by Gasteiger charge is 2.65. The van der Waals surface area contributed by atoms with Crippen molar-refractivity contribution in [1.29, 1.82) is 0 Å². The van der Waals surface area contributed by atoms with Crippen molar-refractivity contribution in [3.05, 3.63) is 214 Å². The summed E-state index contributed by atoms with van der Waals surface area (Å²) >= 11 is 0. The van der Waals surface area contributed by atoms with E-state index in [0.29, 0.717) is 75.6 Å². The van der Waals surface area contributed by atoms with Crippen molar-refractivity contribution in [2.75, 3.05) is 14.2 Å². The van der Waals surface area contributed by atoms with Crippen molar-refractivity contribution in [2.45, 2.75) is 79.1 Å². The van der Waals surface area contributed by atoms with Crippen molar-refractivity contribution in [2.24, 2.45) is 39.7 Å². The third kappa shape index (κ3) is 14.3. The van der Waals surface area contributed by atoms with E-state index >= 15 is 0 Å². The van der Waals surface area contributed by atoms with Gasteiger partial charge in [-0.3, -0.25) is 59.3 Å². The second-order valence-corrected chi connectivity index (χ2v) is 23.7. The maximum absolute atomic E-state index is 12.3. The SMILES string of the molecule is COC(=O)[C@@]1(Cc2ccc(OCc3cc(C)nc4ccccc34)cc2)C[C@@H]1C(=O)NO.COC(=O)[C@@]1(Cc2ccc(OCc3cc(C)nc4ccccc34)cc2)C[C@@H]1C(=O)NO.Cc1cc(COc2ccc(C[C@]3(C(N)=O)C[C@@H]3C(=O)NO)cc2)c2ccccc2n1. The number of benzene rings is 6. The first-order chi connectivity index (χ1) is 44.4. The standard InChI is InChI=1S/2C24H24N2O5.C23H23N3O4/c2*1-15-11-17(19-5-3-4-6-21(19)25-15)14-31-18-9-7-16(8-10-18)12-24(23(28)30-2)13-20(24)22(27)26-29;1-14-10-16(18-4-2-3-5-20(18)25-14)13-30-17-8-6-15(7-9-17)11-23(22(24)28)12-19(23)21(27)26-29/h2*3-11,20,29H,12-14H2,1-2H3,(H,26,27);2-10,19,29H,11-13H2,1H3,(H2,24,28)(H,26,27)/t2*20-,24+;19-,23+/m111/s1. The highest BCUT2D eigenvalue weighted by molar-refractivity contribution is 5.96. The van der Waals surface area contributed by atoms with E-state index in [4.69, 9.17) is 45.0 Å². The molecule has 3 aliphatic carbocycles. The molecule has 474 valence electrons. The first kappa shape index (κ1) is 64.6. The van der Waals surface area contributed by atoms with Crippen LogP contribution in [-0.2, 0) is 77.3 Å². The molecule has 3 saturated carbocycles. The lowest BCUT2D eigenvalue weighted by Crippen LogP contribution is -2.33. The smallest absolute Gasteiger partial charge is 0.312 e. The number of hydrogen-bond donors (Lipinski definition) is 7. The third-order valence-corrected chi connectivity index (χ3v) is 17.5. The van der Waals surface area contributed by atoms with Crippen LogP contribution in [0.5, 0.6) is 17.2 Å². The van der Waals surface area contributed by atoms with Gasteiger partial charge in [0.2, 0.25) is 23.6 Å². The molecule has 3 heterocycles. The fraction of sp³-hybridized carbons (Fsp3) is 0.282. The Labute approximate surface area is 530 Å². The summed E-state index contributed by atoms with van der Waals surface area (Å²) in [5.41, 5.74) is 19.1. The van der Waals surface area contributed by atoms with Gasteiger partial charge in [-0.25, -0.2) is 16.4 Å². The number of primary amides is 1. The number of carbonyl (C=O) groups is 6. The van der Waals surface area contributed by atoms with E-state index in [-0.39, 0.29) is 0 Å². The van der Waals surface area contributed by atoms with Gasteiger partial charge in [0.15, 0.2) is 0 Å². The normalized spacial score (nSPS) is 19.8. The minimum absolute atomic E-state index is 0.335. The Morgan fingerprint density at radius 3 is 0.989 bits per heavy atom. The highest BCUT2D eigenvalue weighted by Crippen LogP contribution is 2.57. The molecule has 0 bridgehead atoms. The topological polar surface area (TPSA) is 310 Å². The molecule has 3 aliphatic rings. The molecular weight excluding hydrogens is 1170 g/mol. The van der Waals surface area contributed by atoms with Crippen LogP contribution in [0.4, 0.5) is 0 Å². The van der Waals surface area contributed by atoms with E-state index in [1.807, 2.05) is 185 Å². The monoisotopic (exact) mass is 1250 g/mol. The Bertz CT molecular complexity index is 4050. The summed E-state index contributed by atoms with van der Waals surface area (Å²) in [5.74, 6) is -2.80. The largest absolute Gasteiger partial charge is 0.489 e. The molecule has 3 aromatic heterocycles. The van der Waals surface area contributed by atoms with Gasteiger partial charge in [0.25, 0.3) is 0 Å². The molecule has 3 fully saturated rings. The number of nitrogens with zero attached hydrogens (tertiary/aromatic N) is 3. The van der Waals surface area contributed by atoms with Crippen molar-refractivity contribution < 1.29 is 68.1 Å². The number of methoxy groups -OCH3 is 2. The van der Waals surface area contributed by atoms with Gasteiger partial charge in [0.1, 0.15) is 37.1 Å². The second-order valence-electron chi connectivity index (χ2n) is 23.7. The summed E-state index contributed by atoms with van der Waals surface area (Å²) in [4.78, 5) is 85.4. The molecule has 21 heteroatoms. The molecule has 92 heavy (non-hydrogen) atoms. The molecule has 6 atom stereocenters. The molecule has 12 rings (SSSR count). The lowest BCUT2D eigenvalue weighted by atomic mass is 9.93. The molecular formula is C71H71N7O14. The van der Waals surface area contributed by atoms with Crippen molar-refractivity contribution in [3.63, 3.8) is 0 Å². The molecule has 6 aromatic carbocycles. The predicted molar refractivity (Wildman–Crippen MR) is 338 cm³/mol. The highest BCUT2D eigenvalue weighted by atomic mass is 16.5. The summed E-state index contributed by atoms with van der Waals surface area (Å²) in [7, 11) is 2.61. The number of para-hydroxylation sites is 3. The molecule has 0 saturated heterocycles. The Hall–Kier alpha value is -10.4.